The summed E-state index contributed by atoms with van der Waals surface area (Å²) in [6.07, 6.45) is 1.99. The van der Waals surface area contributed by atoms with Gasteiger partial charge in [-0.2, -0.15) is 0 Å². The van der Waals surface area contributed by atoms with Gasteiger partial charge in [0, 0.05) is 66.2 Å². The maximum atomic E-state index is 12.3. The van der Waals surface area contributed by atoms with E-state index in [0.717, 1.165) is 137 Å². The second-order valence-electron chi connectivity index (χ2n) is 42.8. The van der Waals surface area contributed by atoms with Gasteiger partial charge in [0.1, 0.15) is 36.2 Å². The maximum Gasteiger partial charge on any atom is 0.509 e. The van der Waals surface area contributed by atoms with E-state index in [1.807, 2.05) is 104 Å². The Morgan fingerprint density at radius 2 is 0.632 bits per heavy atom. The fraction of sp³-hybridized carbons (Fsp3) is 0.333. The molecule has 0 aliphatic carbocycles. The van der Waals surface area contributed by atoms with Crippen LogP contribution in [0.15, 0.2) is 247 Å². The highest BCUT2D eigenvalue weighted by molar-refractivity contribution is 14.1. The van der Waals surface area contributed by atoms with E-state index in [2.05, 4.69) is 361 Å². The molecule has 6 aromatic heterocycles. The van der Waals surface area contributed by atoms with Crippen molar-refractivity contribution in [3.05, 3.63) is 298 Å². The average Bonchev–Trinajstić information content (AvgIpc) is 1.53. The predicted molar refractivity (Wildman–Crippen MR) is 589 cm³/mol. The Bertz CT molecular complexity index is 6700. The van der Waals surface area contributed by atoms with Crippen LogP contribution in [0.5, 0.6) is 40.2 Å². The third kappa shape index (κ3) is 20.7. The predicted octanol–water partition coefficient (Wildman–Crippen LogP) is 32.3. The summed E-state index contributed by atoms with van der Waals surface area (Å²) < 4.78 is 59.9. The summed E-state index contributed by atoms with van der Waals surface area (Å²) in [6, 6.07) is 81.0. The van der Waals surface area contributed by atoms with E-state index < -0.39 is 18.3 Å². The van der Waals surface area contributed by atoms with Crippen molar-refractivity contribution in [2.45, 2.75) is 229 Å². The van der Waals surface area contributed by atoms with Crippen LogP contribution in [0, 0.1) is 7.14 Å². The number of rotatable bonds is 23. The average molecular weight is 2100 g/mol. The summed E-state index contributed by atoms with van der Waals surface area (Å²) in [4.78, 5) is 1.49. The standard InChI is InChI=1S/C68H68N2O4S2.C33H44BNO4S.C16H16I2O2/c1-65(2,3)43-25-29-53-49(33-43)50-34-44(66(4,5)6)26-30-54(50)69(53)57-39-75-63(61(57)71)47-21-15-17-23-59(47)73-37-41-19-13-14-20-42(41)38-74-60-24-18-16-22-48(60)64-62(72)58(40-76-64)70-55-31-27-45(67(7,8)9)35-51(55)52-36-46(68(10,11)12)28-32-56(52)70;1-12-36-20-37-28-27(19-40-29(28)34-38-32(8,9)33(10,11)39-34)35-25-15-13-21(30(2,3)4)17-23(25)24-18-22(31(5,6)7)14-16-26(24)35;17-13-7-1-3-9-15(13)19-11-5-6-12-20-16-10-4-2-8-14(16)18/h13-36,39-40,71-72H,37-38H2,1-12H3;13-19H,12,20H2,1-11H3;1-4,7-10H,5-6,11-12H2. The number of hydrogen-bond donors (Lipinski definition) is 2. The van der Waals surface area contributed by atoms with Crippen molar-refractivity contribution in [2.24, 2.45) is 0 Å². The van der Waals surface area contributed by atoms with Crippen LogP contribution in [0.1, 0.15) is 217 Å². The summed E-state index contributed by atoms with van der Waals surface area (Å²) in [5.74, 6) is 4.46. The summed E-state index contributed by atoms with van der Waals surface area (Å²) in [5.41, 5.74) is 19.4. The highest BCUT2D eigenvalue weighted by Gasteiger charge is 2.54. The van der Waals surface area contributed by atoms with Gasteiger partial charge < -0.3 is 61.6 Å². The zero-order valence-corrected chi connectivity index (χ0v) is 89.7. The van der Waals surface area contributed by atoms with Gasteiger partial charge in [-0.3, -0.25) is 0 Å². The number of halogens is 2. The lowest BCUT2D eigenvalue weighted by Crippen LogP contribution is -2.41. The normalized spacial score (nSPS) is 13.7. The first-order valence-electron chi connectivity index (χ1n) is 47.2. The summed E-state index contributed by atoms with van der Waals surface area (Å²) in [7, 11) is -0.520. The molecular formula is C117H128BI2N3O10S3. The van der Waals surface area contributed by atoms with Crippen molar-refractivity contribution in [3.63, 3.8) is 0 Å². The quantitative estimate of drug-likeness (QED) is 0.0276. The number of ether oxygens (including phenoxy) is 6. The lowest BCUT2D eigenvalue weighted by molar-refractivity contribution is 0.00578. The molecule has 1 aliphatic heterocycles. The van der Waals surface area contributed by atoms with Crippen LogP contribution >= 0.6 is 79.2 Å². The van der Waals surface area contributed by atoms with Crippen LogP contribution in [-0.2, 0) is 59.7 Å². The van der Waals surface area contributed by atoms with Crippen molar-refractivity contribution in [2.75, 3.05) is 26.6 Å². The molecule has 0 spiro atoms. The van der Waals surface area contributed by atoms with Gasteiger partial charge in [0.25, 0.3) is 0 Å². The summed E-state index contributed by atoms with van der Waals surface area (Å²) >= 11 is 9.23. The van der Waals surface area contributed by atoms with Gasteiger partial charge in [-0.15, -0.1) is 34.0 Å². The molecule has 13 nitrogen and oxygen atoms in total. The topological polar surface area (TPSA) is 129 Å². The number of benzene rings is 11. The fourth-order valence-corrected chi connectivity index (χ4v) is 21.3. The second-order valence-corrected chi connectivity index (χ2v) is 47.8. The molecule has 0 saturated carbocycles. The molecular weight excluding hydrogens is 1970 g/mol. The van der Waals surface area contributed by atoms with Crippen LogP contribution in [-0.4, -0.2) is 68.8 Å². The molecule has 0 bridgehead atoms. The molecule has 2 N–H and O–H groups in total. The smallest absolute Gasteiger partial charge is 0.504 e. The number of fused-ring (bicyclic) bond motifs is 9. The number of hydrogen-bond acceptors (Lipinski definition) is 13. The zero-order chi connectivity index (χ0) is 97.1. The minimum absolute atomic E-state index is 0.0172. The van der Waals surface area contributed by atoms with E-state index in [1.165, 1.54) is 88.4 Å². The Morgan fingerprint density at radius 1 is 0.346 bits per heavy atom. The van der Waals surface area contributed by atoms with Gasteiger partial charge in [0.05, 0.1) is 96.2 Å². The number of aromatic nitrogens is 3. The van der Waals surface area contributed by atoms with E-state index in [0.29, 0.717) is 31.3 Å². The lowest BCUT2D eigenvalue weighted by atomic mass is 9.85. The van der Waals surface area contributed by atoms with E-state index in [1.54, 1.807) is 11.3 Å². The first-order valence-corrected chi connectivity index (χ1v) is 52.0. The molecule has 0 unspecified atom stereocenters. The third-order valence-corrected chi connectivity index (χ3v) is 31.0. The minimum atomic E-state index is -0.520. The Kier molecular flexibility index (Phi) is 28.6. The first kappa shape index (κ1) is 99.0. The van der Waals surface area contributed by atoms with Gasteiger partial charge in [-0.25, -0.2) is 0 Å². The summed E-state index contributed by atoms with van der Waals surface area (Å²) in [6.45, 7) is 53.7. The third-order valence-electron chi connectivity index (χ3n) is 26.3. The van der Waals surface area contributed by atoms with Gasteiger partial charge in [-0.05, 0) is 291 Å². The van der Waals surface area contributed by atoms with Crippen LogP contribution in [0.4, 0.5) is 0 Å². The van der Waals surface area contributed by atoms with E-state index in [4.69, 9.17) is 37.7 Å². The molecule has 0 atom stereocenters. The minimum Gasteiger partial charge on any atom is -0.504 e. The van der Waals surface area contributed by atoms with Crippen molar-refractivity contribution >= 4 is 157 Å². The maximum absolute atomic E-state index is 12.3. The number of unbranched alkanes of at least 4 members (excludes halogenated alkanes) is 1. The highest BCUT2D eigenvalue weighted by Crippen LogP contribution is 2.52. The van der Waals surface area contributed by atoms with Crippen LogP contribution in [0.3, 0.4) is 0 Å². The molecule has 7 heterocycles. The van der Waals surface area contributed by atoms with Crippen molar-refractivity contribution in [3.8, 4) is 78.2 Å². The number of para-hydroxylation sites is 4. The SMILES string of the molecule is CC(C)(C)c1ccc2c(c1)c1cc(C(C)(C)C)ccc1n2-c1csc(-c2ccccc2OCc2ccccc2COc2ccccc2-c2scc(-n3c4ccc(C(C)(C)C)cc4c4cc(C(C)(C)C)ccc43)c2O)c1O.CCOCOc1c(-n2c3ccc(C(C)(C)C)cc3c3cc(C(C)(C)C)ccc32)csc1B1OC(C)(C)C(C)(C)O1.Ic1ccccc1OCCCCOc1ccccc1I. The van der Waals surface area contributed by atoms with Gasteiger partial charge >= 0.3 is 7.12 Å². The van der Waals surface area contributed by atoms with Gasteiger partial charge in [-0.1, -0.05) is 234 Å². The molecule has 11 aromatic carbocycles. The van der Waals surface area contributed by atoms with E-state index in [-0.39, 0.29) is 50.8 Å². The Morgan fingerprint density at radius 3 is 0.941 bits per heavy atom. The van der Waals surface area contributed by atoms with Crippen molar-refractivity contribution < 1.29 is 47.9 Å². The molecule has 18 rings (SSSR count). The Labute approximate surface area is 842 Å². The molecule has 136 heavy (non-hydrogen) atoms. The van der Waals surface area contributed by atoms with E-state index >= 15 is 0 Å². The van der Waals surface area contributed by atoms with Gasteiger partial charge in [0.2, 0.25) is 0 Å². The van der Waals surface area contributed by atoms with Gasteiger partial charge in [0.15, 0.2) is 24.0 Å². The monoisotopic (exact) mass is 2100 g/mol. The van der Waals surface area contributed by atoms with Crippen LogP contribution in [0.2, 0.25) is 0 Å². The lowest BCUT2D eigenvalue weighted by Gasteiger charge is -2.32. The second kappa shape index (κ2) is 39.3. The molecule has 1 fully saturated rings. The summed E-state index contributed by atoms with van der Waals surface area (Å²) in [5, 5.41) is 38.1. The van der Waals surface area contributed by atoms with Crippen LogP contribution < -0.4 is 28.5 Å². The van der Waals surface area contributed by atoms with Crippen molar-refractivity contribution in [1.29, 1.82) is 0 Å². The molecule has 1 aliphatic rings. The highest BCUT2D eigenvalue weighted by atomic mass is 127. The van der Waals surface area contributed by atoms with Crippen molar-refractivity contribution in [1.82, 2.24) is 13.7 Å². The largest absolute Gasteiger partial charge is 0.509 e. The Balaban J connectivity index is 0.000000184. The molecule has 19 heteroatoms. The Hall–Kier alpha value is -10.1. The van der Waals surface area contributed by atoms with Crippen LogP contribution in [0.25, 0.3) is 103 Å². The first-order chi connectivity index (χ1) is 64.4. The molecule has 1 saturated heterocycles. The van der Waals surface area contributed by atoms with E-state index in [9.17, 15) is 10.2 Å². The number of aromatic hydroxyl groups is 2. The number of thiophene rings is 3. The molecule has 0 amide bonds. The fourth-order valence-electron chi connectivity index (χ4n) is 17.4. The molecule has 706 valence electrons. The zero-order valence-electron chi connectivity index (χ0n) is 82.9. The molecule has 0 radical (unpaired) electrons. The molecule has 17 aromatic rings. The number of nitrogens with zero attached hydrogens (tertiary/aromatic N) is 3.